The third-order valence-corrected chi connectivity index (χ3v) is 1.56. The number of aromatic nitrogens is 1. The van der Waals surface area contributed by atoms with Crippen molar-refractivity contribution in [2.45, 2.75) is 6.92 Å². The molecule has 0 radical (unpaired) electrons. The van der Waals surface area contributed by atoms with Crippen molar-refractivity contribution in [1.82, 2.24) is 4.98 Å². The smallest absolute Gasteiger partial charge is 0.343 e. The van der Waals surface area contributed by atoms with E-state index in [1.165, 1.54) is 13.3 Å². The maximum atomic E-state index is 11.1. The highest BCUT2D eigenvalue weighted by Crippen LogP contribution is 2.00. The minimum Gasteiger partial charge on any atom is -0.465 e. The van der Waals surface area contributed by atoms with Gasteiger partial charge in [0.05, 0.1) is 7.11 Å². The SMILES string of the molecule is COC(=O)c1c(C)cc[nH]c1=O. The average Bonchev–Trinajstić information content (AvgIpc) is 2.03. The van der Waals surface area contributed by atoms with Gasteiger partial charge in [-0.25, -0.2) is 4.79 Å². The van der Waals surface area contributed by atoms with E-state index >= 15 is 0 Å². The van der Waals surface area contributed by atoms with E-state index in [1.54, 1.807) is 13.0 Å². The lowest BCUT2D eigenvalue weighted by Gasteiger charge is -2.00. The third kappa shape index (κ3) is 1.37. The first-order valence-electron chi connectivity index (χ1n) is 3.43. The molecule has 64 valence electrons. The molecule has 4 heteroatoms. The van der Waals surface area contributed by atoms with E-state index in [0.717, 1.165) is 0 Å². The summed E-state index contributed by atoms with van der Waals surface area (Å²) in [7, 11) is 1.24. The number of hydrogen-bond acceptors (Lipinski definition) is 3. The third-order valence-electron chi connectivity index (χ3n) is 1.56. The molecular formula is C8H9NO3. The number of carbonyl (C=O) groups is 1. The minimum atomic E-state index is -0.602. The van der Waals surface area contributed by atoms with E-state index in [2.05, 4.69) is 9.72 Å². The summed E-state index contributed by atoms with van der Waals surface area (Å²) in [5.74, 6) is -0.602. The number of methoxy groups -OCH3 is 1. The summed E-state index contributed by atoms with van der Waals surface area (Å²) in [6.45, 7) is 1.68. The van der Waals surface area contributed by atoms with Crippen LogP contribution in [0.3, 0.4) is 0 Å². The molecule has 0 aliphatic rings. The van der Waals surface area contributed by atoms with Crippen LogP contribution in [-0.2, 0) is 4.74 Å². The summed E-state index contributed by atoms with van der Waals surface area (Å²) in [5.41, 5.74) is 0.271. The van der Waals surface area contributed by atoms with Crippen molar-refractivity contribution >= 4 is 5.97 Å². The molecular weight excluding hydrogens is 158 g/mol. The van der Waals surface area contributed by atoms with Gasteiger partial charge in [-0.2, -0.15) is 0 Å². The number of H-pyrrole nitrogens is 1. The van der Waals surface area contributed by atoms with E-state index in [4.69, 9.17) is 0 Å². The van der Waals surface area contributed by atoms with Gasteiger partial charge >= 0.3 is 5.97 Å². The summed E-state index contributed by atoms with van der Waals surface area (Å²) in [6, 6.07) is 1.65. The van der Waals surface area contributed by atoms with Crippen LogP contribution in [0.15, 0.2) is 17.1 Å². The number of nitrogens with one attached hydrogen (secondary N) is 1. The Bertz CT molecular complexity index is 354. The van der Waals surface area contributed by atoms with Crippen LogP contribution in [0.25, 0.3) is 0 Å². The fourth-order valence-corrected chi connectivity index (χ4v) is 0.933. The molecule has 1 heterocycles. The van der Waals surface area contributed by atoms with E-state index in [-0.39, 0.29) is 5.56 Å². The van der Waals surface area contributed by atoms with E-state index in [9.17, 15) is 9.59 Å². The number of rotatable bonds is 1. The molecule has 1 aromatic rings. The monoisotopic (exact) mass is 167 g/mol. The van der Waals surface area contributed by atoms with Gasteiger partial charge in [-0.05, 0) is 18.6 Å². The lowest BCUT2D eigenvalue weighted by Crippen LogP contribution is -2.19. The highest BCUT2D eigenvalue weighted by molar-refractivity contribution is 5.90. The minimum absolute atomic E-state index is 0.0694. The average molecular weight is 167 g/mol. The Morgan fingerprint density at radius 2 is 2.25 bits per heavy atom. The van der Waals surface area contributed by atoms with Crippen molar-refractivity contribution in [3.63, 3.8) is 0 Å². The highest BCUT2D eigenvalue weighted by atomic mass is 16.5. The second-order valence-corrected chi connectivity index (χ2v) is 2.36. The van der Waals surface area contributed by atoms with Crippen LogP contribution >= 0.6 is 0 Å². The van der Waals surface area contributed by atoms with E-state index in [1.807, 2.05) is 0 Å². The number of hydrogen-bond donors (Lipinski definition) is 1. The summed E-state index contributed by atoms with van der Waals surface area (Å²) in [6.07, 6.45) is 1.49. The molecule has 1 rings (SSSR count). The van der Waals surface area contributed by atoms with Gasteiger partial charge in [0.2, 0.25) is 0 Å². The highest BCUT2D eigenvalue weighted by Gasteiger charge is 2.12. The standard InChI is InChI=1S/C8H9NO3/c1-5-3-4-9-7(10)6(5)8(11)12-2/h3-4H,1-2H3,(H,9,10). The molecule has 0 saturated heterocycles. The fourth-order valence-electron chi connectivity index (χ4n) is 0.933. The van der Waals surface area contributed by atoms with Crippen molar-refractivity contribution in [2.24, 2.45) is 0 Å². The number of esters is 1. The van der Waals surface area contributed by atoms with Gasteiger partial charge in [0.25, 0.3) is 5.56 Å². The largest absolute Gasteiger partial charge is 0.465 e. The molecule has 0 unspecified atom stereocenters. The number of pyridine rings is 1. The number of aromatic amines is 1. The summed E-state index contributed by atoms with van der Waals surface area (Å²) in [4.78, 5) is 24.5. The molecule has 0 atom stereocenters. The van der Waals surface area contributed by atoms with Crippen molar-refractivity contribution < 1.29 is 9.53 Å². The number of carbonyl (C=O) groups excluding carboxylic acids is 1. The molecule has 1 aromatic heterocycles. The first-order valence-corrected chi connectivity index (χ1v) is 3.43. The van der Waals surface area contributed by atoms with Gasteiger partial charge in [0.15, 0.2) is 0 Å². The molecule has 0 amide bonds. The Kier molecular flexibility index (Phi) is 2.28. The van der Waals surface area contributed by atoms with Gasteiger partial charge in [-0.3, -0.25) is 4.79 Å². The van der Waals surface area contributed by atoms with Crippen LogP contribution in [-0.4, -0.2) is 18.1 Å². The van der Waals surface area contributed by atoms with E-state index < -0.39 is 11.5 Å². The van der Waals surface area contributed by atoms with Crippen molar-refractivity contribution in [3.05, 3.63) is 33.7 Å². The molecule has 0 bridgehead atoms. The van der Waals surface area contributed by atoms with Crippen LogP contribution in [0.1, 0.15) is 15.9 Å². The Morgan fingerprint density at radius 3 is 2.75 bits per heavy atom. The van der Waals surface area contributed by atoms with Crippen LogP contribution in [0, 0.1) is 6.92 Å². The second kappa shape index (κ2) is 3.21. The van der Waals surface area contributed by atoms with Crippen LogP contribution < -0.4 is 5.56 Å². The maximum Gasteiger partial charge on any atom is 0.343 e. The normalized spacial score (nSPS) is 9.50. The summed E-state index contributed by atoms with van der Waals surface area (Å²) < 4.78 is 4.44. The van der Waals surface area contributed by atoms with Crippen molar-refractivity contribution in [1.29, 1.82) is 0 Å². The molecule has 0 spiro atoms. The Labute approximate surface area is 69.2 Å². The topological polar surface area (TPSA) is 59.2 Å². The molecule has 0 aromatic carbocycles. The van der Waals surface area contributed by atoms with Crippen molar-refractivity contribution in [3.8, 4) is 0 Å². The Hall–Kier alpha value is -1.58. The van der Waals surface area contributed by atoms with Gasteiger partial charge in [0, 0.05) is 6.20 Å². The van der Waals surface area contributed by atoms with Gasteiger partial charge in [-0.1, -0.05) is 0 Å². The van der Waals surface area contributed by atoms with Crippen LogP contribution in [0.2, 0.25) is 0 Å². The fraction of sp³-hybridized carbons (Fsp3) is 0.250. The van der Waals surface area contributed by atoms with Crippen LogP contribution in [0.5, 0.6) is 0 Å². The van der Waals surface area contributed by atoms with Gasteiger partial charge in [0.1, 0.15) is 5.56 Å². The summed E-state index contributed by atoms with van der Waals surface area (Å²) in [5, 5.41) is 0. The first-order chi connectivity index (χ1) is 5.66. The van der Waals surface area contributed by atoms with E-state index in [0.29, 0.717) is 5.56 Å². The molecule has 0 fully saturated rings. The Morgan fingerprint density at radius 1 is 1.58 bits per heavy atom. The quantitative estimate of drug-likeness (QED) is 0.618. The van der Waals surface area contributed by atoms with Crippen molar-refractivity contribution in [2.75, 3.05) is 7.11 Å². The zero-order chi connectivity index (χ0) is 9.14. The lowest BCUT2D eigenvalue weighted by atomic mass is 10.1. The molecule has 0 saturated carbocycles. The van der Waals surface area contributed by atoms with Gasteiger partial charge in [-0.15, -0.1) is 0 Å². The lowest BCUT2D eigenvalue weighted by molar-refractivity contribution is 0.0598. The zero-order valence-corrected chi connectivity index (χ0v) is 6.88. The molecule has 0 aliphatic heterocycles. The molecule has 0 aliphatic carbocycles. The van der Waals surface area contributed by atoms with Crippen LogP contribution in [0.4, 0.5) is 0 Å². The van der Waals surface area contributed by atoms with Gasteiger partial charge < -0.3 is 9.72 Å². The predicted molar refractivity (Wildman–Crippen MR) is 43.1 cm³/mol. The zero-order valence-electron chi connectivity index (χ0n) is 6.88. The number of aryl methyl sites for hydroxylation is 1. The molecule has 12 heavy (non-hydrogen) atoms. The molecule has 4 nitrogen and oxygen atoms in total. The first kappa shape index (κ1) is 8.52. The Balaban J connectivity index is 3.31. The second-order valence-electron chi connectivity index (χ2n) is 2.36. The number of ether oxygens (including phenoxy) is 1. The maximum absolute atomic E-state index is 11.1. The predicted octanol–water partition coefficient (Wildman–Crippen LogP) is 0.470. The molecule has 1 N–H and O–H groups in total. The summed E-state index contributed by atoms with van der Waals surface area (Å²) >= 11 is 0.